The zero-order chi connectivity index (χ0) is 13.0. The van der Waals surface area contributed by atoms with Crippen LogP contribution in [0.25, 0.3) is 0 Å². The average molecular weight is 251 g/mol. The summed E-state index contributed by atoms with van der Waals surface area (Å²) in [6.07, 6.45) is 2.95. The number of hydrogen-bond donors (Lipinski definition) is 2. The summed E-state index contributed by atoms with van der Waals surface area (Å²) in [7, 11) is 1.84. The minimum atomic E-state index is -0.254. The molecule has 1 amide bonds. The van der Waals surface area contributed by atoms with Crippen LogP contribution < -0.4 is 10.7 Å². The van der Waals surface area contributed by atoms with Crippen molar-refractivity contribution in [3.63, 3.8) is 0 Å². The fraction of sp³-hybridized carbons (Fsp3) is 0.500. The molecule has 1 aliphatic heterocycles. The lowest BCUT2D eigenvalue weighted by Crippen LogP contribution is -2.49. The molecule has 1 aliphatic rings. The molecule has 1 aromatic rings. The highest BCUT2D eigenvalue weighted by atomic mass is 16.5. The molecular weight excluding hydrogens is 234 g/mol. The van der Waals surface area contributed by atoms with E-state index in [2.05, 4.69) is 10.3 Å². The number of carbonyl (C=O) groups is 1. The van der Waals surface area contributed by atoms with Crippen molar-refractivity contribution in [1.82, 2.24) is 15.2 Å². The molecule has 0 aromatic carbocycles. The molecule has 2 N–H and O–H groups in total. The van der Waals surface area contributed by atoms with E-state index in [4.69, 9.17) is 4.74 Å². The summed E-state index contributed by atoms with van der Waals surface area (Å²) in [5.74, 6) is -0.235. The molecule has 1 fully saturated rings. The first-order valence-electron chi connectivity index (χ1n) is 5.95. The summed E-state index contributed by atoms with van der Waals surface area (Å²) in [4.78, 5) is 28.2. The molecule has 6 heteroatoms. The number of morpholine rings is 1. The highest BCUT2D eigenvalue weighted by Crippen LogP contribution is 2.07. The fourth-order valence-corrected chi connectivity index (χ4v) is 2.01. The van der Waals surface area contributed by atoms with Gasteiger partial charge in [0.1, 0.15) is 5.56 Å². The molecule has 0 saturated carbocycles. The van der Waals surface area contributed by atoms with Gasteiger partial charge < -0.3 is 19.9 Å². The Bertz CT molecular complexity index is 470. The van der Waals surface area contributed by atoms with Crippen LogP contribution in [0.2, 0.25) is 0 Å². The van der Waals surface area contributed by atoms with E-state index < -0.39 is 0 Å². The molecule has 1 aromatic heterocycles. The van der Waals surface area contributed by atoms with Crippen LogP contribution in [-0.2, 0) is 4.74 Å². The lowest BCUT2D eigenvalue weighted by Gasteiger charge is -2.32. The number of pyridine rings is 1. The third-order valence-corrected chi connectivity index (χ3v) is 2.91. The summed E-state index contributed by atoms with van der Waals surface area (Å²) >= 11 is 0. The van der Waals surface area contributed by atoms with Crippen LogP contribution in [0.15, 0.2) is 23.3 Å². The Labute approximate surface area is 105 Å². The summed E-state index contributed by atoms with van der Waals surface area (Å²) in [6, 6.07) is 1.36. The van der Waals surface area contributed by atoms with Crippen molar-refractivity contribution >= 4 is 5.91 Å². The minimum Gasteiger partial charge on any atom is -0.373 e. The van der Waals surface area contributed by atoms with E-state index in [1.807, 2.05) is 7.05 Å². The second-order valence-corrected chi connectivity index (χ2v) is 4.22. The number of aromatic amines is 1. The first-order valence-corrected chi connectivity index (χ1v) is 5.95. The van der Waals surface area contributed by atoms with Gasteiger partial charge in [0.25, 0.3) is 5.91 Å². The number of H-pyrrole nitrogens is 1. The Balaban J connectivity index is 2.09. The highest BCUT2D eigenvalue weighted by molar-refractivity contribution is 5.93. The number of carbonyl (C=O) groups excluding carboxylic acids is 1. The van der Waals surface area contributed by atoms with E-state index in [0.29, 0.717) is 26.2 Å². The first kappa shape index (κ1) is 12.8. The predicted molar refractivity (Wildman–Crippen MR) is 66.6 cm³/mol. The Kier molecular flexibility index (Phi) is 4.11. The van der Waals surface area contributed by atoms with Crippen molar-refractivity contribution in [3.05, 3.63) is 34.2 Å². The molecule has 0 aliphatic carbocycles. The van der Waals surface area contributed by atoms with E-state index in [-0.39, 0.29) is 23.0 Å². The van der Waals surface area contributed by atoms with Crippen molar-refractivity contribution in [2.24, 2.45) is 0 Å². The van der Waals surface area contributed by atoms with Gasteiger partial charge >= 0.3 is 0 Å². The molecule has 6 nitrogen and oxygen atoms in total. The molecule has 98 valence electrons. The minimum absolute atomic E-state index is 0.0181. The van der Waals surface area contributed by atoms with Crippen molar-refractivity contribution in [2.75, 3.05) is 33.3 Å². The fourth-order valence-electron chi connectivity index (χ4n) is 2.01. The Hall–Kier alpha value is -1.66. The van der Waals surface area contributed by atoms with Gasteiger partial charge in [-0.25, -0.2) is 0 Å². The van der Waals surface area contributed by atoms with Crippen LogP contribution in [-0.4, -0.2) is 55.2 Å². The van der Waals surface area contributed by atoms with Crippen molar-refractivity contribution in [3.8, 4) is 0 Å². The quantitative estimate of drug-likeness (QED) is 0.755. The smallest absolute Gasteiger partial charge is 0.259 e. The summed E-state index contributed by atoms with van der Waals surface area (Å²) in [6.45, 7) is 2.22. The molecular formula is C12H17N3O3. The Morgan fingerprint density at radius 2 is 2.50 bits per heavy atom. The maximum atomic E-state index is 12.2. The van der Waals surface area contributed by atoms with Crippen LogP contribution in [0, 0.1) is 0 Å². The number of nitrogens with one attached hydrogen (secondary N) is 2. The van der Waals surface area contributed by atoms with Crippen molar-refractivity contribution < 1.29 is 9.53 Å². The van der Waals surface area contributed by atoms with Gasteiger partial charge in [0.15, 0.2) is 5.43 Å². The van der Waals surface area contributed by atoms with E-state index in [0.717, 1.165) is 0 Å². The molecule has 1 atom stereocenters. The van der Waals surface area contributed by atoms with E-state index in [1.165, 1.54) is 18.5 Å². The number of amides is 1. The molecule has 2 rings (SSSR count). The van der Waals surface area contributed by atoms with Gasteiger partial charge in [0.2, 0.25) is 0 Å². The maximum absolute atomic E-state index is 12.2. The normalized spacial score (nSPS) is 19.8. The van der Waals surface area contributed by atoms with Crippen LogP contribution in [0.1, 0.15) is 10.4 Å². The van der Waals surface area contributed by atoms with Crippen LogP contribution >= 0.6 is 0 Å². The molecule has 0 spiro atoms. The van der Waals surface area contributed by atoms with Gasteiger partial charge in [-0.05, 0) is 7.05 Å². The van der Waals surface area contributed by atoms with Crippen molar-refractivity contribution in [2.45, 2.75) is 6.10 Å². The number of nitrogens with zero attached hydrogens (tertiary/aromatic N) is 1. The molecule has 0 radical (unpaired) electrons. The number of hydrogen-bond acceptors (Lipinski definition) is 4. The third-order valence-electron chi connectivity index (χ3n) is 2.91. The zero-order valence-corrected chi connectivity index (χ0v) is 10.3. The maximum Gasteiger partial charge on any atom is 0.259 e. The molecule has 1 saturated heterocycles. The van der Waals surface area contributed by atoms with E-state index in [1.54, 1.807) is 4.90 Å². The second-order valence-electron chi connectivity index (χ2n) is 4.22. The number of likely N-dealkylation sites (N-methyl/N-ethyl adjacent to an activating group) is 1. The number of rotatable bonds is 3. The SMILES string of the molecule is CNCC1CN(C(=O)c2c[nH]ccc2=O)CCO1. The van der Waals surface area contributed by atoms with Gasteiger partial charge in [-0.1, -0.05) is 0 Å². The zero-order valence-electron chi connectivity index (χ0n) is 10.3. The predicted octanol–water partition coefficient (Wildman–Crippen LogP) is -0.565. The summed E-state index contributed by atoms with van der Waals surface area (Å²) in [5, 5.41) is 3.02. The van der Waals surface area contributed by atoms with Gasteiger partial charge in [0.05, 0.1) is 12.7 Å². The van der Waals surface area contributed by atoms with E-state index >= 15 is 0 Å². The number of ether oxygens (including phenoxy) is 1. The summed E-state index contributed by atoms with van der Waals surface area (Å²) < 4.78 is 5.52. The second kappa shape index (κ2) is 5.79. The molecule has 1 unspecified atom stereocenters. The van der Waals surface area contributed by atoms with Crippen molar-refractivity contribution in [1.29, 1.82) is 0 Å². The van der Waals surface area contributed by atoms with Crippen LogP contribution in [0.5, 0.6) is 0 Å². The third kappa shape index (κ3) is 2.77. The topological polar surface area (TPSA) is 74.4 Å². The summed E-state index contributed by atoms with van der Waals surface area (Å²) in [5.41, 5.74) is -0.0713. The lowest BCUT2D eigenvalue weighted by molar-refractivity contribution is -0.0196. The number of aromatic nitrogens is 1. The van der Waals surface area contributed by atoms with E-state index in [9.17, 15) is 9.59 Å². The van der Waals surface area contributed by atoms with Gasteiger partial charge in [-0.3, -0.25) is 9.59 Å². The van der Waals surface area contributed by atoms with Crippen LogP contribution in [0.4, 0.5) is 0 Å². The molecule has 0 bridgehead atoms. The largest absolute Gasteiger partial charge is 0.373 e. The van der Waals surface area contributed by atoms with Gasteiger partial charge in [-0.2, -0.15) is 0 Å². The Morgan fingerprint density at radius 3 is 3.22 bits per heavy atom. The van der Waals surface area contributed by atoms with Crippen LogP contribution in [0.3, 0.4) is 0 Å². The van der Waals surface area contributed by atoms with Gasteiger partial charge in [-0.15, -0.1) is 0 Å². The molecule has 18 heavy (non-hydrogen) atoms. The monoisotopic (exact) mass is 251 g/mol. The molecule has 2 heterocycles. The standard InChI is InChI=1S/C12H17N3O3/c1-13-6-9-8-15(4-5-18-9)12(17)10-7-14-3-2-11(10)16/h2-3,7,9,13H,4-6,8H2,1H3,(H,14,16). The first-order chi connectivity index (χ1) is 8.72. The van der Waals surface area contributed by atoms with Gasteiger partial charge in [0, 0.05) is 38.1 Å². The lowest BCUT2D eigenvalue weighted by atomic mass is 10.2. The highest BCUT2D eigenvalue weighted by Gasteiger charge is 2.25. The average Bonchev–Trinajstić information content (AvgIpc) is 2.39. The Morgan fingerprint density at radius 1 is 1.67 bits per heavy atom.